The molecule has 0 aromatic heterocycles. The van der Waals surface area contributed by atoms with Gasteiger partial charge in [0.25, 0.3) is 0 Å². The molecule has 17 heavy (non-hydrogen) atoms. The molecule has 2 aliphatic rings. The Morgan fingerprint density at radius 2 is 1.76 bits per heavy atom. The van der Waals surface area contributed by atoms with Gasteiger partial charge in [-0.3, -0.25) is 0 Å². The van der Waals surface area contributed by atoms with Gasteiger partial charge in [0.2, 0.25) is 0 Å². The van der Waals surface area contributed by atoms with E-state index in [4.69, 9.17) is 5.73 Å². The van der Waals surface area contributed by atoms with Crippen molar-refractivity contribution in [2.75, 3.05) is 0 Å². The quantitative estimate of drug-likeness (QED) is 0.846. The molecule has 0 aliphatic heterocycles. The Morgan fingerprint density at radius 3 is 2.24 bits per heavy atom. The second kappa shape index (κ2) is 3.25. The van der Waals surface area contributed by atoms with E-state index in [0.29, 0.717) is 17.9 Å². The van der Waals surface area contributed by atoms with E-state index in [1.54, 1.807) is 12.1 Å². The lowest BCUT2D eigenvalue weighted by atomic mass is 9.86. The number of hydrogen-bond acceptors (Lipinski definition) is 1. The van der Waals surface area contributed by atoms with Crippen molar-refractivity contribution in [1.82, 2.24) is 0 Å². The standard InChI is InChI=1S/C13H14F3N/c14-13(15,16)10-4-2-1-3-9(10)12(7-11(12)17)8-5-6-8/h1-4,8,11H,5-7,17H2/t11-,12?/m1/s1. The fourth-order valence-electron chi connectivity index (χ4n) is 3.04. The molecule has 2 fully saturated rings. The van der Waals surface area contributed by atoms with Crippen LogP contribution in [0.15, 0.2) is 24.3 Å². The van der Waals surface area contributed by atoms with Crippen molar-refractivity contribution in [1.29, 1.82) is 0 Å². The van der Waals surface area contributed by atoms with Gasteiger partial charge in [0.05, 0.1) is 5.56 Å². The van der Waals surface area contributed by atoms with Crippen LogP contribution in [-0.4, -0.2) is 6.04 Å². The van der Waals surface area contributed by atoms with E-state index in [1.807, 2.05) is 0 Å². The fourth-order valence-corrected chi connectivity index (χ4v) is 3.04. The van der Waals surface area contributed by atoms with Crippen LogP contribution in [0.5, 0.6) is 0 Å². The Labute approximate surface area is 97.8 Å². The molecule has 2 aliphatic carbocycles. The summed E-state index contributed by atoms with van der Waals surface area (Å²) in [4.78, 5) is 0. The molecule has 0 saturated heterocycles. The highest BCUT2D eigenvalue weighted by Gasteiger charge is 2.63. The predicted molar refractivity (Wildman–Crippen MR) is 58.4 cm³/mol. The third-order valence-corrected chi connectivity index (χ3v) is 4.10. The Bertz CT molecular complexity index is 450. The third-order valence-electron chi connectivity index (χ3n) is 4.10. The normalized spacial score (nSPS) is 32.6. The molecular weight excluding hydrogens is 227 g/mol. The van der Waals surface area contributed by atoms with Crippen LogP contribution in [0.25, 0.3) is 0 Å². The smallest absolute Gasteiger partial charge is 0.327 e. The molecule has 2 N–H and O–H groups in total. The Hall–Kier alpha value is -1.03. The maximum absolute atomic E-state index is 13.0. The maximum atomic E-state index is 13.0. The van der Waals surface area contributed by atoms with Crippen molar-refractivity contribution < 1.29 is 13.2 Å². The maximum Gasteiger partial charge on any atom is 0.416 e. The van der Waals surface area contributed by atoms with Gasteiger partial charge in [0, 0.05) is 11.5 Å². The minimum atomic E-state index is -4.28. The lowest BCUT2D eigenvalue weighted by molar-refractivity contribution is -0.138. The van der Waals surface area contributed by atoms with E-state index >= 15 is 0 Å². The second-order valence-corrected chi connectivity index (χ2v) is 5.17. The molecule has 0 heterocycles. The zero-order valence-corrected chi connectivity index (χ0v) is 9.30. The summed E-state index contributed by atoms with van der Waals surface area (Å²) in [6.45, 7) is 0. The summed E-state index contributed by atoms with van der Waals surface area (Å²) in [5.41, 5.74) is 5.46. The molecule has 1 aromatic rings. The Morgan fingerprint density at radius 1 is 1.18 bits per heavy atom. The summed E-state index contributed by atoms with van der Waals surface area (Å²) < 4.78 is 38.9. The van der Waals surface area contributed by atoms with Gasteiger partial charge in [0.1, 0.15) is 0 Å². The first-order valence-corrected chi connectivity index (χ1v) is 5.88. The molecule has 0 radical (unpaired) electrons. The van der Waals surface area contributed by atoms with Crippen LogP contribution in [-0.2, 0) is 11.6 Å². The SMILES string of the molecule is N[C@@H]1CC1(c1ccccc1C(F)(F)F)C1CC1. The van der Waals surface area contributed by atoms with E-state index in [2.05, 4.69) is 0 Å². The fraction of sp³-hybridized carbons (Fsp3) is 0.538. The van der Waals surface area contributed by atoms with Gasteiger partial charge in [0.15, 0.2) is 0 Å². The zero-order valence-electron chi connectivity index (χ0n) is 9.30. The summed E-state index contributed by atoms with van der Waals surface area (Å²) in [6, 6.07) is 5.80. The topological polar surface area (TPSA) is 26.0 Å². The van der Waals surface area contributed by atoms with E-state index in [9.17, 15) is 13.2 Å². The number of nitrogens with two attached hydrogens (primary N) is 1. The van der Waals surface area contributed by atoms with Gasteiger partial charge in [-0.1, -0.05) is 18.2 Å². The molecule has 1 unspecified atom stereocenters. The average molecular weight is 241 g/mol. The van der Waals surface area contributed by atoms with Crippen LogP contribution >= 0.6 is 0 Å². The van der Waals surface area contributed by atoms with E-state index in [0.717, 1.165) is 12.8 Å². The van der Waals surface area contributed by atoms with Gasteiger partial charge in [-0.25, -0.2) is 0 Å². The van der Waals surface area contributed by atoms with E-state index in [-0.39, 0.29) is 11.5 Å². The molecule has 3 rings (SSSR count). The largest absolute Gasteiger partial charge is 0.416 e. The van der Waals surface area contributed by atoms with E-state index in [1.165, 1.54) is 12.1 Å². The first kappa shape index (κ1) is 11.1. The van der Waals surface area contributed by atoms with Crippen LogP contribution < -0.4 is 5.73 Å². The summed E-state index contributed by atoms with van der Waals surface area (Å²) in [6.07, 6.45) is -1.55. The van der Waals surface area contributed by atoms with Crippen molar-refractivity contribution in [3.05, 3.63) is 35.4 Å². The number of halogens is 3. The number of rotatable bonds is 2. The lowest BCUT2D eigenvalue weighted by Gasteiger charge is -2.21. The molecular formula is C13H14F3N. The number of benzene rings is 1. The molecule has 0 bridgehead atoms. The molecule has 92 valence electrons. The monoisotopic (exact) mass is 241 g/mol. The van der Waals surface area contributed by atoms with Gasteiger partial charge in [-0.15, -0.1) is 0 Å². The van der Waals surface area contributed by atoms with Crippen molar-refractivity contribution in [2.24, 2.45) is 11.7 Å². The molecule has 2 saturated carbocycles. The van der Waals surface area contributed by atoms with Crippen molar-refractivity contribution in [3.8, 4) is 0 Å². The predicted octanol–water partition coefficient (Wildman–Crippen LogP) is 3.08. The van der Waals surface area contributed by atoms with Gasteiger partial charge in [-0.2, -0.15) is 13.2 Å². The van der Waals surface area contributed by atoms with Crippen LogP contribution in [0.3, 0.4) is 0 Å². The van der Waals surface area contributed by atoms with Crippen molar-refractivity contribution >= 4 is 0 Å². The lowest BCUT2D eigenvalue weighted by Crippen LogP contribution is -2.24. The molecule has 0 amide bonds. The summed E-state index contributed by atoms with van der Waals surface area (Å²) in [5, 5.41) is 0. The Kier molecular flexibility index (Phi) is 2.12. The number of hydrogen-bond donors (Lipinski definition) is 1. The zero-order chi connectivity index (χ0) is 12.3. The van der Waals surface area contributed by atoms with Crippen LogP contribution in [0, 0.1) is 5.92 Å². The van der Waals surface area contributed by atoms with Crippen LogP contribution in [0.1, 0.15) is 30.4 Å². The highest BCUT2D eigenvalue weighted by Crippen LogP contribution is 2.62. The first-order chi connectivity index (χ1) is 7.96. The summed E-state index contributed by atoms with van der Waals surface area (Å²) >= 11 is 0. The molecule has 1 aromatic carbocycles. The van der Waals surface area contributed by atoms with Gasteiger partial charge in [-0.05, 0) is 36.8 Å². The van der Waals surface area contributed by atoms with E-state index < -0.39 is 11.7 Å². The van der Waals surface area contributed by atoms with Gasteiger partial charge < -0.3 is 5.73 Å². The van der Waals surface area contributed by atoms with Crippen LogP contribution in [0.2, 0.25) is 0 Å². The minimum Gasteiger partial charge on any atom is -0.327 e. The van der Waals surface area contributed by atoms with Gasteiger partial charge >= 0.3 is 6.18 Å². The second-order valence-electron chi connectivity index (χ2n) is 5.17. The first-order valence-electron chi connectivity index (χ1n) is 5.88. The minimum absolute atomic E-state index is 0.0986. The molecule has 2 atom stereocenters. The molecule has 1 nitrogen and oxygen atoms in total. The average Bonchev–Trinajstić information content (AvgIpc) is 3.11. The summed E-state index contributed by atoms with van der Waals surface area (Å²) in [7, 11) is 0. The number of alkyl halides is 3. The third kappa shape index (κ3) is 1.58. The van der Waals surface area contributed by atoms with Crippen molar-refractivity contribution in [2.45, 2.75) is 36.9 Å². The highest BCUT2D eigenvalue weighted by molar-refractivity contribution is 5.45. The summed E-state index contributed by atoms with van der Waals surface area (Å²) in [5.74, 6) is 0.362. The molecule has 4 heteroatoms. The Balaban J connectivity index is 2.09. The highest BCUT2D eigenvalue weighted by atomic mass is 19.4. The molecule has 0 spiro atoms. The van der Waals surface area contributed by atoms with Crippen LogP contribution in [0.4, 0.5) is 13.2 Å². The van der Waals surface area contributed by atoms with Crippen molar-refractivity contribution in [3.63, 3.8) is 0 Å².